The summed E-state index contributed by atoms with van der Waals surface area (Å²) in [5.74, 6) is -2.01. The standard InChI is InChI=1S/C20H20F2N6.2H2/c21-20(22)8-4-13(5-9-20)25-19-23-12-15-14(2-1-3-16(15)27-19)17-7-11-28-18(26-17)6-10-24-28;;/h2,6-7,10-13H,1,3-5,8-9H2,(H,23,25,27);2*1H. The Morgan fingerprint density at radius 2 is 2.04 bits per heavy atom. The van der Waals surface area contributed by atoms with Crippen molar-refractivity contribution in [3.8, 4) is 0 Å². The predicted molar refractivity (Wildman–Crippen MR) is 105 cm³/mol. The predicted octanol–water partition coefficient (Wildman–Crippen LogP) is 4.38. The van der Waals surface area contributed by atoms with Crippen LogP contribution in [0.4, 0.5) is 14.7 Å². The van der Waals surface area contributed by atoms with Crippen LogP contribution >= 0.6 is 0 Å². The summed E-state index contributed by atoms with van der Waals surface area (Å²) in [7, 11) is 0. The van der Waals surface area contributed by atoms with E-state index >= 15 is 0 Å². The Morgan fingerprint density at radius 1 is 1.18 bits per heavy atom. The molecule has 1 saturated carbocycles. The summed E-state index contributed by atoms with van der Waals surface area (Å²) in [6.45, 7) is 0. The first-order chi connectivity index (χ1) is 13.6. The Hall–Kier alpha value is -2.90. The fraction of sp³-hybridized carbons (Fsp3) is 0.400. The van der Waals surface area contributed by atoms with Crippen LogP contribution in [0.3, 0.4) is 0 Å². The van der Waals surface area contributed by atoms with Gasteiger partial charge in [0.1, 0.15) is 0 Å². The molecule has 2 aliphatic carbocycles. The van der Waals surface area contributed by atoms with Crippen molar-refractivity contribution in [3.63, 3.8) is 0 Å². The van der Waals surface area contributed by atoms with Gasteiger partial charge in [0.05, 0.1) is 17.6 Å². The van der Waals surface area contributed by atoms with Crippen LogP contribution < -0.4 is 5.32 Å². The molecule has 1 fully saturated rings. The molecule has 28 heavy (non-hydrogen) atoms. The fourth-order valence-corrected chi connectivity index (χ4v) is 3.94. The van der Waals surface area contributed by atoms with E-state index in [1.807, 2.05) is 24.5 Å². The number of hydrogen-bond donors (Lipinski definition) is 1. The first-order valence-corrected chi connectivity index (χ1v) is 9.59. The molecule has 0 saturated heterocycles. The second-order valence-corrected chi connectivity index (χ2v) is 7.43. The molecule has 5 rings (SSSR count). The lowest BCUT2D eigenvalue weighted by molar-refractivity contribution is -0.0361. The van der Waals surface area contributed by atoms with Gasteiger partial charge in [0, 0.05) is 51.3 Å². The number of anilines is 1. The molecule has 0 spiro atoms. The average molecular weight is 386 g/mol. The van der Waals surface area contributed by atoms with Crippen molar-refractivity contribution in [2.24, 2.45) is 0 Å². The number of aryl methyl sites for hydroxylation is 1. The molecule has 0 aromatic carbocycles. The van der Waals surface area contributed by atoms with Gasteiger partial charge in [0.15, 0.2) is 5.65 Å². The zero-order chi connectivity index (χ0) is 19.1. The molecule has 0 atom stereocenters. The van der Waals surface area contributed by atoms with Crippen LogP contribution in [-0.4, -0.2) is 36.5 Å². The monoisotopic (exact) mass is 386 g/mol. The number of alkyl halides is 2. The molecule has 8 heteroatoms. The normalized spacial score (nSPS) is 19.3. The number of hydrogen-bond acceptors (Lipinski definition) is 5. The molecule has 0 amide bonds. The van der Waals surface area contributed by atoms with Crippen LogP contribution in [0.15, 0.2) is 36.8 Å². The highest BCUT2D eigenvalue weighted by Crippen LogP contribution is 2.34. The van der Waals surface area contributed by atoms with Gasteiger partial charge in [-0.3, -0.25) is 0 Å². The first kappa shape index (κ1) is 17.2. The second kappa shape index (κ2) is 6.61. The van der Waals surface area contributed by atoms with E-state index in [0.717, 1.165) is 41.0 Å². The van der Waals surface area contributed by atoms with Gasteiger partial charge < -0.3 is 5.32 Å². The van der Waals surface area contributed by atoms with Crippen LogP contribution in [-0.2, 0) is 6.42 Å². The molecule has 3 aromatic heterocycles. The number of nitrogens with zero attached hydrogens (tertiary/aromatic N) is 5. The third-order valence-electron chi connectivity index (χ3n) is 5.47. The molecule has 148 valence electrons. The summed E-state index contributed by atoms with van der Waals surface area (Å²) in [4.78, 5) is 13.8. The number of aromatic nitrogens is 5. The summed E-state index contributed by atoms with van der Waals surface area (Å²) in [5, 5.41) is 7.42. The number of rotatable bonds is 3. The summed E-state index contributed by atoms with van der Waals surface area (Å²) < 4.78 is 28.4. The lowest BCUT2D eigenvalue weighted by Crippen LogP contribution is -2.32. The van der Waals surface area contributed by atoms with Crippen molar-refractivity contribution in [2.75, 3.05) is 5.32 Å². The number of fused-ring (bicyclic) bond motifs is 2. The van der Waals surface area contributed by atoms with E-state index in [1.165, 1.54) is 0 Å². The number of nitrogens with one attached hydrogen (secondary N) is 1. The summed E-state index contributed by atoms with van der Waals surface area (Å²) >= 11 is 0. The average Bonchev–Trinajstić information content (AvgIpc) is 3.17. The zero-order valence-corrected chi connectivity index (χ0v) is 15.3. The van der Waals surface area contributed by atoms with Crippen molar-refractivity contribution in [2.45, 2.75) is 50.5 Å². The van der Waals surface area contributed by atoms with E-state index in [1.54, 1.807) is 10.7 Å². The minimum Gasteiger partial charge on any atom is -0.351 e. The third-order valence-corrected chi connectivity index (χ3v) is 5.47. The van der Waals surface area contributed by atoms with Crippen LogP contribution in [0.1, 0.15) is 51.9 Å². The Balaban J connectivity index is 0.00000128. The molecule has 2 aliphatic rings. The van der Waals surface area contributed by atoms with E-state index in [2.05, 4.69) is 31.4 Å². The second-order valence-electron chi connectivity index (χ2n) is 7.43. The number of halogens is 2. The molecular weight excluding hydrogens is 362 g/mol. The Morgan fingerprint density at radius 3 is 2.89 bits per heavy atom. The highest BCUT2D eigenvalue weighted by molar-refractivity contribution is 5.80. The molecule has 3 aromatic rings. The van der Waals surface area contributed by atoms with E-state index in [0.29, 0.717) is 18.8 Å². The molecular formula is C20H24F2N6. The van der Waals surface area contributed by atoms with Gasteiger partial charge in [-0.2, -0.15) is 5.10 Å². The highest BCUT2D eigenvalue weighted by Gasteiger charge is 2.35. The smallest absolute Gasteiger partial charge is 0.248 e. The van der Waals surface area contributed by atoms with Gasteiger partial charge in [-0.15, -0.1) is 0 Å². The SMILES string of the molecule is FC1(F)CCC(Nc2ncc3c(n2)CCC=C3c2ccn3nccc3n2)CC1.[HH].[HH]. The minimum atomic E-state index is -2.53. The van der Waals surface area contributed by atoms with Crippen molar-refractivity contribution < 1.29 is 11.6 Å². The maximum absolute atomic E-state index is 13.3. The molecule has 0 unspecified atom stereocenters. The zero-order valence-electron chi connectivity index (χ0n) is 15.3. The van der Waals surface area contributed by atoms with Gasteiger partial charge >= 0.3 is 0 Å². The minimum absolute atomic E-state index is 0. The molecule has 3 heterocycles. The molecule has 0 radical (unpaired) electrons. The third kappa shape index (κ3) is 3.23. The summed E-state index contributed by atoms with van der Waals surface area (Å²) in [6, 6.07) is 3.81. The molecule has 6 nitrogen and oxygen atoms in total. The van der Waals surface area contributed by atoms with Crippen molar-refractivity contribution in [3.05, 3.63) is 53.8 Å². The van der Waals surface area contributed by atoms with Gasteiger partial charge in [0.25, 0.3) is 0 Å². The van der Waals surface area contributed by atoms with Gasteiger partial charge in [-0.05, 0) is 31.7 Å². The van der Waals surface area contributed by atoms with Gasteiger partial charge in [0.2, 0.25) is 11.9 Å². The van der Waals surface area contributed by atoms with E-state index in [-0.39, 0.29) is 21.7 Å². The highest BCUT2D eigenvalue weighted by atomic mass is 19.3. The molecule has 0 aliphatic heterocycles. The van der Waals surface area contributed by atoms with Gasteiger partial charge in [-0.25, -0.2) is 28.2 Å². The Labute approximate surface area is 163 Å². The lowest BCUT2D eigenvalue weighted by atomic mass is 9.92. The maximum Gasteiger partial charge on any atom is 0.248 e. The van der Waals surface area contributed by atoms with Crippen LogP contribution in [0.5, 0.6) is 0 Å². The summed E-state index contributed by atoms with van der Waals surface area (Å²) in [6.07, 6.45) is 10.0. The topological polar surface area (TPSA) is 68.0 Å². The maximum atomic E-state index is 13.3. The largest absolute Gasteiger partial charge is 0.351 e. The first-order valence-electron chi connectivity index (χ1n) is 9.59. The Kier molecular flexibility index (Phi) is 4.07. The number of allylic oxidation sites excluding steroid dienone is 1. The van der Waals surface area contributed by atoms with Crippen molar-refractivity contribution in [1.29, 1.82) is 0 Å². The van der Waals surface area contributed by atoms with Crippen LogP contribution in [0.2, 0.25) is 0 Å². The molecule has 0 bridgehead atoms. The quantitative estimate of drug-likeness (QED) is 0.724. The summed E-state index contributed by atoms with van der Waals surface area (Å²) in [5.41, 5.74) is 4.62. The van der Waals surface area contributed by atoms with Crippen LogP contribution in [0, 0.1) is 0 Å². The van der Waals surface area contributed by atoms with Gasteiger partial charge in [-0.1, -0.05) is 6.08 Å². The molecule has 1 N–H and O–H groups in total. The van der Waals surface area contributed by atoms with E-state index in [9.17, 15) is 8.78 Å². The van der Waals surface area contributed by atoms with Crippen LogP contribution in [0.25, 0.3) is 11.2 Å². The van der Waals surface area contributed by atoms with E-state index in [4.69, 9.17) is 0 Å². The van der Waals surface area contributed by atoms with Crippen molar-refractivity contribution >= 4 is 17.2 Å². The van der Waals surface area contributed by atoms with E-state index < -0.39 is 5.92 Å². The fourth-order valence-electron chi connectivity index (χ4n) is 3.94. The lowest BCUT2D eigenvalue weighted by Gasteiger charge is -2.29. The Bertz CT molecular complexity index is 1060. The van der Waals surface area contributed by atoms with Crippen molar-refractivity contribution in [1.82, 2.24) is 24.6 Å².